The van der Waals surface area contributed by atoms with Crippen LogP contribution in [0, 0.1) is 0 Å². The van der Waals surface area contributed by atoms with Crippen LogP contribution >= 0.6 is 0 Å². The van der Waals surface area contributed by atoms with Gasteiger partial charge in [-0.15, -0.1) is 0 Å². The zero-order valence-electron chi connectivity index (χ0n) is 13.4. The van der Waals surface area contributed by atoms with Crippen molar-refractivity contribution in [2.45, 2.75) is 20.0 Å². The first-order valence-corrected chi connectivity index (χ1v) is 7.69. The Hall–Kier alpha value is -2.40. The van der Waals surface area contributed by atoms with E-state index in [4.69, 9.17) is 18.9 Å². The van der Waals surface area contributed by atoms with Crippen LogP contribution in [-0.2, 0) is 13.1 Å². The molecular formula is C18H21NO4. The van der Waals surface area contributed by atoms with Crippen LogP contribution in [0.2, 0.25) is 0 Å². The fourth-order valence-corrected chi connectivity index (χ4v) is 2.50. The predicted octanol–water partition coefficient (Wildman–Crippen LogP) is 3.11. The fourth-order valence-electron chi connectivity index (χ4n) is 2.50. The molecule has 0 radical (unpaired) electrons. The quantitative estimate of drug-likeness (QED) is 0.851. The first-order chi connectivity index (χ1) is 11.3. The largest absolute Gasteiger partial charge is 0.493 e. The van der Waals surface area contributed by atoms with Gasteiger partial charge in [0, 0.05) is 13.1 Å². The van der Waals surface area contributed by atoms with E-state index < -0.39 is 0 Å². The van der Waals surface area contributed by atoms with Crippen LogP contribution in [0.1, 0.15) is 18.1 Å². The number of hydrogen-bond donors (Lipinski definition) is 1. The van der Waals surface area contributed by atoms with Gasteiger partial charge in [0.05, 0.1) is 13.7 Å². The molecule has 0 aromatic heterocycles. The minimum Gasteiger partial charge on any atom is -0.493 e. The lowest BCUT2D eigenvalue weighted by molar-refractivity contribution is 0.174. The molecule has 3 rings (SSSR count). The van der Waals surface area contributed by atoms with Gasteiger partial charge >= 0.3 is 0 Å². The Morgan fingerprint density at radius 2 is 1.70 bits per heavy atom. The highest BCUT2D eigenvalue weighted by Gasteiger charge is 2.13. The molecule has 1 heterocycles. The van der Waals surface area contributed by atoms with Gasteiger partial charge in [-0.2, -0.15) is 0 Å². The summed E-state index contributed by atoms with van der Waals surface area (Å²) in [5.41, 5.74) is 2.30. The molecule has 0 spiro atoms. The van der Waals surface area contributed by atoms with E-state index in [1.807, 2.05) is 43.3 Å². The Balaban J connectivity index is 1.58. The average molecular weight is 315 g/mol. The molecular weight excluding hydrogens is 294 g/mol. The molecule has 1 N–H and O–H groups in total. The lowest BCUT2D eigenvalue weighted by atomic mass is 10.1. The van der Waals surface area contributed by atoms with Gasteiger partial charge in [0.1, 0.15) is 0 Å². The van der Waals surface area contributed by atoms with E-state index in [2.05, 4.69) is 5.32 Å². The number of methoxy groups -OCH3 is 1. The van der Waals surface area contributed by atoms with Crippen molar-refractivity contribution in [2.24, 2.45) is 0 Å². The second-order valence-electron chi connectivity index (χ2n) is 5.21. The minimum absolute atomic E-state index is 0.304. The third kappa shape index (κ3) is 3.68. The summed E-state index contributed by atoms with van der Waals surface area (Å²) in [7, 11) is 1.65. The van der Waals surface area contributed by atoms with Crippen molar-refractivity contribution in [2.75, 3.05) is 20.5 Å². The van der Waals surface area contributed by atoms with Crippen LogP contribution in [0.25, 0.3) is 0 Å². The molecule has 0 aliphatic carbocycles. The highest BCUT2D eigenvalue weighted by atomic mass is 16.7. The summed E-state index contributed by atoms with van der Waals surface area (Å²) in [6.45, 7) is 4.39. The highest BCUT2D eigenvalue weighted by molar-refractivity contribution is 5.45. The van der Waals surface area contributed by atoms with Crippen LogP contribution in [0.5, 0.6) is 23.0 Å². The number of fused-ring (bicyclic) bond motifs is 1. The van der Waals surface area contributed by atoms with Crippen molar-refractivity contribution in [3.8, 4) is 23.0 Å². The van der Waals surface area contributed by atoms with E-state index >= 15 is 0 Å². The molecule has 1 aliphatic heterocycles. The molecule has 2 aromatic carbocycles. The summed E-state index contributed by atoms with van der Waals surface area (Å²) in [6.07, 6.45) is 0. The van der Waals surface area contributed by atoms with E-state index in [1.165, 1.54) is 0 Å². The van der Waals surface area contributed by atoms with Gasteiger partial charge in [-0.05, 0) is 42.3 Å². The maximum Gasteiger partial charge on any atom is 0.231 e. The van der Waals surface area contributed by atoms with E-state index in [0.717, 1.165) is 47.2 Å². The van der Waals surface area contributed by atoms with Crippen molar-refractivity contribution >= 4 is 0 Å². The van der Waals surface area contributed by atoms with Crippen LogP contribution in [-0.4, -0.2) is 20.5 Å². The highest BCUT2D eigenvalue weighted by Crippen LogP contribution is 2.32. The van der Waals surface area contributed by atoms with Gasteiger partial charge in [0.15, 0.2) is 23.0 Å². The lowest BCUT2D eigenvalue weighted by Gasteiger charge is -2.11. The van der Waals surface area contributed by atoms with Crippen LogP contribution in [0.3, 0.4) is 0 Å². The number of ether oxygens (including phenoxy) is 4. The molecule has 0 fully saturated rings. The summed E-state index contributed by atoms with van der Waals surface area (Å²) in [4.78, 5) is 0. The molecule has 0 amide bonds. The van der Waals surface area contributed by atoms with Gasteiger partial charge < -0.3 is 24.3 Å². The molecule has 5 heteroatoms. The maximum absolute atomic E-state index is 5.53. The number of nitrogens with one attached hydrogen (secondary N) is 1. The number of hydrogen-bond acceptors (Lipinski definition) is 5. The second kappa shape index (κ2) is 7.24. The smallest absolute Gasteiger partial charge is 0.231 e. The average Bonchev–Trinajstić information content (AvgIpc) is 3.04. The van der Waals surface area contributed by atoms with Crippen molar-refractivity contribution in [1.29, 1.82) is 0 Å². The van der Waals surface area contributed by atoms with Crippen molar-refractivity contribution in [1.82, 2.24) is 5.32 Å². The zero-order chi connectivity index (χ0) is 16.1. The fraction of sp³-hybridized carbons (Fsp3) is 0.333. The van der Waals surface area contributed by atoms with Gasteiger partial charge in [0.2, 0.25) is 6.79 Å². The van der Waals surface area contributed by atoms with Crippen LogP contribution in [0.4, 0.5) is 0 Å². The van der Waals surface area contributed by atoms with Crippen molar-refractivity contribution in [3.05, 3.63) is 47.5 Å². The molecule has 0 saturated heterocycles. The van der Waals surface area contributed by atoms with Crippen molar-refractivity contribution in [3.63, 3.8) is 0 Å². The summed E-state index contributed by atoms with van der Waals surface area (Å²) in [5, 5.41) is 3.42. The SMILES string of the molecule is CCOc1ccc(CNCc2ccc3c(c2)OCO3)cc1OC. The predicted molar refractivity (Wildman–Crippen MR) is 87.3 cm³/mol. The topological polar surface area (TPSA) is 49.0 Å². The Bertz CT molecular complexity index is 672. The Morgan fingerprint density at radius 3 is 2.48 bits per heavy atom. The Kier molecular flexibility index (Phi) is 4.88. The van der Waals surface area contributed by atoms with Crippen LogP contribution < -0.4 is 24.3 Å². The second-order valence-corrected chi connectivity index (χ2v) is 5.21. The van der Waals surface area contributed by atoms with Gasteiger partial charge in [-0.1, -0.05) is 12.1 Å². The van der Waals surface area contributed by atoms with Crippen molar-refractivity contribution < 1.29 is 18.9 Å². The number of rotatable bonds is 7. The first-order valence-electron chi connectivity index (χ1n) is 7.69. The summed E-state index contributed by atoms with van der Waals surface area (Å²) in [6, 6.07) is 12.0. The number of benzene rings is 2. The molecule has 0 unspecified atom stereocenters. The molecule has 5 nitrogen and oxygen atoms in total. The Labute approximate surface area is 136 Å². The summed E-state index contributed by atoms with van der Waals surface area (Å²) in [5.74, 6) is 3.15. The molecule has 23 heavy (non-hydrogen) atoms. The molecule has 1 aliphatic rings. The van der Waals surface area contributed by atoms with E-state index in [9.17, 15) is 0 Å². The summed E-state index contributed by atoms with van der Waals surface area (Å²) < 4.78 is 21.6. The molecule has 0 bridgehead atoms. The maximum atomic E-state index is 5.53. The standard InChI is InChI=1S/C18H21NO4/c1-3-21-15-6-4-13(8-17(15)20-2)10-19-11-14-5-7-16-18(9-14)23-12-22-16/h4-9,19H,3,10-12H2,1-2H3. The Morgan fingerprint density at radius 1 is 0.957 bits per heavy atom. The monoisotopic (exact) mass is 315 g/mol. The molecule has 122 valence electrons. The first kappa shape index (κ1) is 15.5. The third-order valence-corrected chi connectivity index (χ3v) is 3.62. The molecule has 0 saturated carbocycles. The van der Waals surface area contributed by atoms with Gasteiger partial charge in [-0.3, -0.25) is 0 Å². The van der Waals surface area contributed by atoms with Gasteiger partial charge in [-0.25, -0.2) is 0 Å². The van der Waals surface area contributed by atoms with E-state index in [1.54, 1.807) is 7.11 Å². The molecule has 2 aromatic rings. The van der Waals surface area contributed by atoms with Crippen LogP contribution in [0.15, 0.2) is 36.4 Å². The molecule has 0 atom stereocenters. The normalized spacial score (nSPS) is 12.3. The zero-order valence-corrected chi connectivity index (χ0v) is 13.4. The van der Waals surface area contributed by atoms with E-state index in [-0.39, 0.29) is 0 Å². The van der Waals surface area contributed by atoms with E-state index in [0.29, 0.717) is 13.4 Å². The third-order valence-electron chi connectivity index (χ3n) is 3.62. The van der Waals surface area contributed by atoms with Gasteiger partial charge in [0.25, 0.3) is 0 Å². The lowest BCUT2D eigenvalue weighted by Crippen LogP contribution is -2.12. The minimum atomic E-state index is 0.304. The summed E-state index contributed by atoms with van der Waals surface area (Å²) >= 11 is 0.